The Morgan fingerprint density at radius 2 is 2.05 bits per heavy atom. The first-order chi connectivity index (χ1) is 9.94. The molecule has 2 heterocycles. The maximum absolute atomic E-state index is 13.2. The minimum atomic E-state index is -4.50. The Bertz CT molecular complexity index is 553. The van der Waals surface area contributed by atoms with Gasteiger partial charge in [-0.2, -0.15) is 13.2 Å². The fraction of sp³-hybridized carbons (Fsp3) is 0.500. The van der Waals surface area contributed by atoms with E-state index in [9.17, 15) is 18.0 Å². The third-order valence-corrected chi connectivity index (χ3v) is 3.99. The largest absolute Gasteiger partial charge is 0.418 e. The van der Waals surface area contributed by atoms with Gasteiger partial charge in [0.1, 0.15) is 6.61 Å². The molecule has 2 fully saturated rings. The minimum Gasteiger partial charge on any atom is -0.369 e. The normalized spacial score (nSPS) is 26.6. The van der Waals surface area contributed by atoms with Gasteiger partial charge in [0.05, 0.1) is 23.4 Å². The van der Waals surface area contributed by atoms with Gasteiger partial charge in [0.25, 0.3) is 5.91 Å². The first kappa shape index (κ1) is 14.3. The van der Waals surface area contributed by atoms with Crippen molar-refractivity contribution in [3.05, 3.63) is 29.8 Å². The van der Waals surface area contributed by atoms with Crippen LogP contribution < -0.4 is 10.2 Å². The Labute approximate surface area is 119 Å². The average Bonchev–Trinajstić information content (AvgIpc) is 2.87. The molecule has 2 aliphatic heterocycles. The Morgan fingerprint density at radius 1 is 1.29 bits per heavy atom. The number of para-hydroxylation sites is 1. The van der Waals surface area contributed by atoms with E-state index in [0.717, 1.165) is 6.07 Å². The summed E-state index contributed by atoms with van der Waals surface area (Å²) >= 11 is 0. The highest BCUT2D eigenvalue weighted by atomic mass is 19.4. The zero-order valence-corrected chi connectivity index (χ0v) is 11.2. The van der Waals surface area contributed by atoms with Gasteiger partial charge in [-0.1, -0.05) is 12.1 Å². The third kappa shape index (κ3) is 2.40. The molecule has 0 radical (unpaired) electrons. The predicted molar refractivity (Wildman–Crippen MR) is 70.0 cm³/mol. The van der Waals surface area contributed by atoms with Crippen LogP contribution in [0.25, 0.3) is 0 Å². The number of halogens is 3. The van der Waals surface area contributed by atoms with E-state index in [1.54, 1.807) is 0 Å². The monoisotopic (exact) mass is 300 g/mol. The van der Waals surface area contributed by atoms with Gasteiger partial charge in [-0.15, -0.1) is 0 Å². The number of carbonyl (C=O) groups excluding carboxylic acids is 1. The summed E-state index contributed by atoms with van der Waals surface area (Å²) in [5.41, 5.74) is -1.59. The van der Waals surface area contributed by atoms with Crippen LogP contribution in [0.4, 0.5) is 18.9 Å². The lowest BCUT2D eigenvalue weighted by Gasteiger charge is -2.44. The summed E-state index contributed by atoms with van der Waals surface area (Å²) in [5.74, 6) is -0.429. The lowest BCUT2D eigenvalue weighted by atomic mass is 9.93. The number of alkyl halides is 3. The molecule has 114 valence electrons. The fourth-order valence-electron chi connectivity index (χ4n) is 3.06. The molecule has 3 rings (SSSR count). The maximum Gasteiger partial charge on any atom is 0.418 e. The predicted octanol–water partition coefficient (Wildman–Crippen LogP) is 1.80. The van der Waals surface area contributed by atoms with Gasteiger partial charge in [0.2, 0.25) is 0 Å². The smallest absolute Gasteiger partial charge is 0.369 e. The van der Waals surface area contributed by atoms with Gasteiger partial charge in [-0.3, -0.25) is 4.79 Å². The minimum absolute atomic E-state index is 0.0815. The number of nitrogens with one attached hydrogen (secondary N) is 1. The number of nitrogens with zero attached hydrogens (tertiary/aromatic N) is 1. The molecule has 1 aromatic rings. The van der Waals surface area contributed by atoms with Crippen molar-refractivity contribution in [3.8, 4) is 0 Å². The quantitative estimate of drug-likeness (QED) is 0.860. The van der Waals surface area contributed by atoms with Crippen molar-refractivity contribution in [2.45, 2.75) is 18.1 Å². The van der Waals surface area contributed by atoms with E-state index < -0.39 is 23.2 Å². The molecular formula is C14H15F3N2O2. The molecule has 4 nitrogen and oxygen atoms in total. The molecule has 1 N–H and O–H groups in total. The van der Waals surface area contributed by atoms with Crippen molar-refractivity contribution < 1.29 is 22.7 Å². The number of morpholine rings is 1. The molecule has 0 bridgehead atoms. The van der Waals surface area contributed by atoms with E-state index in [2.05, 4.69) is 5.32 Å². The molecule has 1 spiro atoms. The summed E-state index contributed by atoms with van der Waals surface area (Å²) in [7, 11) is 0. The zero-order chi connectivity index (χ0) is 15.1. The topological polar surface area (TPSA) is 41.6 Å². The first-order valence-corrected chi connectivity index (χ1v) is 6.72. The van der Waals surface area contributed by atoms with Crippen LogP contribution in [0.3, 0.4) is 0 Å². The van der Waals surface area contributed by atoms with Crippen LogP contribution in [0.1, 0.15) is 12.0 Å². The third-order valence-electron chi connectivity index (χ3n) is 3.99. The highest BCUT2D eigenvalue weighted by Crippen LogP contribution is 2.41. The number of anilines is 1. The molecule has 0 aromatic heterocycles. The van der Waals surface area contributed by atoms with E-state index in [0.29, 0.717) is 19.5 Å². The number of rotatable bonds is 1. The van der Waals surface area contributed by atoms with Crippen molar-refractivity contribution in [2.75, 3.05) is 31.2 Å². The molecule has 2 saturated heterocycles. The Morgan fingerprint density at radius 3 is 2.71 bits per heavy atom. The number of ether oxygens (including phenoxy) is 1. The Hall–Kier alpha value is -1.60. The molecule has 7 heteroatoms. The van der Waals surface area contributed by atoms with Gasteiger partial charge >= 0.3 is 6.18 Å². The van der Waals surface area contributed by atoms with Crippen LogP contribution in [0, 0.1) is 0 Å². The lowest BCUT2D eigenvalue weighted by molar-refractivity contribution is -0.138. The highest BCUT2D eigenvalue weighted by Gasteiger charge is 2.48. The van der Waals surface area contributed by atoms with Crippen LogP contribution in [0.5, 0.6) is 0 Å². The van der Waals surface area contributed by atoms with Crippen molar-refractivity contribution in [1.82, 2.24) is 5.32 Å². The van der Waals surface area contributed by atoms with Crippen molar-refractivity contribution >= 4 is 11.6 Å². The second-order valence-corrected chi connectivity index (χ2v) is 5.39. The van der Waals surface area contributed by atoms with E-state index in [-0.39, 0.29) is 18.9 Å². The average molecular weight is 300 g/mol. The van der Waals surface area contributed by atoms with Gasteiger partial charge in [-0.05, 0) is 25.1 Å². The van der Waals surface area contributed by atoms with Crippen LogP contribution in [0.15, 0.2) is 24.3 Å². The number of amides is 1. The zero-order valence-electron chi connectivity index (χ0n) is 11.2. The van der Waals surface area contributed by atoms with Crippen LogP contribution in [-0.4, -0.2) is 37.7 Å². The van der Waals surface area contributed by atoms with Gasteiger partial charge < -0.3 is 15.0 Å². The van der Waals surface area contributed by atoms with E-state index in [1.807, 2.05) is 0 Å². The summed E-state index contributed by atoms with van der Waals surface area (Å²) in [4.78, 5) is 13.5. The molecule has 1 aromatic carbocycles. The Kier molecular flexibility index (Phi) is 3.41. The number of benzene rings is 1. The van der Waals surface area contributed by atoms with Gasteiger partial charge in [-0.25, -0.2) is 0 Å². The molecule has 21 heavy (non-hydrogen) atoms. The SMILES string of the molecule is O=C1COCC2(CCNC2)N1c1ccccc1C(F)(F)F. The second kappa shape index (κ2) is 4.99. The number of hydrogen-bond donors (Lipinski definition) is 1. The molecule has 0 aliphatic carbocycles. The molecule has 0 saturated carbocycles. The summed E-state index contributed by atoms with van der Waals surface area (Å²) in [6.07, 6.45) is -3.92. The van der Waals surface area contributed by atoms with Crippen LogP contribution >= 0.6 is 0 Å². The van der Waals surface area contributed by atoms with Crippen molar-refractivity contribution in [1.29, 1.82) is 0 Å². The maximum atomic E-state index is 13.2. The molecule has 1 atom stereocenters. The van der Waals surface area contributed by atoms with E-state index >= 15 is 0 Å². The summed E-state index contributed by atoms with van der Waals surface area (Å²) < 4.78 is 44.9. The van der Waals surface area contributed by atoms with Crippen molar-refractivity contribution in [2.24, 2.45) is 0 Å². The van der Waals surface area contributed by atoms with Crippen LogP contribution in [-0.2, 0) is 15.7 Å². The van der Waals surface area contributed by atoms with Gasteiger partial charge in [0, 0.05) is 6.54 Å². The number of hydrogen-bond acceptors (Lipinski definition) is 3. The van der Waals surface area contributed by atoms with E-state index in [1.165, 1.54) is 23.1 Å². The first-order valence-electron chi connectivity index (χ1n) is 6.72. The van der Waals surface area contributed by atoms with Crippen LogP contribution in [0.2, 0.25) is 0 Å². The molecule has 2 aliphatic rings. The second-order valence-electron chi connectivity index (χ2n) is 5.39. The number of carbonyl (C=O) groups is 1. The lowest BCUT2D eigenvalue weighted by Crippen LogP contribution is -2.61. The molecule has 1 unspecified atom stereocenters. The highest BCUT2D eigenvalue weighted by molar-refractivity contribution is 5.97. The molecule has 1 amide bonds. The standard InChI is InChI=1S/C14H15F3N2O2/c15-14(16,17)10-3-1-2-4-11(10)19-12(20)7-21-9-13(19)5-6-18-8-13/h1-4,18H,5-9H2. The van der Waals surface area contributed by atoms with Gasteiger partial charge in [0.15, 0.2) is 0 Å². The summed E-state index contributed by atoms with van der Waals surface area (Å²) in [6.45, 7) is 1.15. The molecular weight excluding hydrogens is 285 g/mol. The summed E-state index contributed by atoms with van der Waals surface area (Å²) in [6, 6.07) is 5.21. The fourth-order valence-corrected chi connectivity index (χ4v) is 3.06. The van der Waals surface area contributed by atoms with E-state index in [4.69, 9.17) is 4.74 Å². The summed E-state index contributed by atoms with van der Waals surface area (Å²) in [5, 5.41) is 3.11. The Balaban J connectivity index is 2.10. The van der Waals surface area contributed by atoms with Crippen molar-refractivity contribution in [3.63, 3.8) is 0 Å².